The number of hydrogen-bond donors (Lipinski definition) is 2. The first-order valence-corrected chi connectivity index (χ1v) is 8.55. The van der Waals surface area contributed by atoms with Gasteiger partial charge in [0, 0.05) is 32.2 Å². The summed E-state index contributed by atoms with van der Waals surface area (Å²) in [6.07, 6.45) is 0.767. The lowest BCUT2D eigenvalue weighted by Crippen LogP contribution is -2.32. The lowest BCUT2D eigenvalue weighted by molar-refractivity contribution is -0.116. The number of amides is 1. The van der Waals surface area contributed by atoms with Crippen LogP contribution in [0.3, 0.4) is 0 Å². The Balaban J connectivity index is 2.18. The average molecular weight is 311 g/mol. The first-order chi connectivity index (χ1) is 9.95. The molecule has 1 heterocycles. The zero-order chi connectivity index (χ0) is 15.5. The molecule has 7 heteroatoms. The summed E-state index contributed by atoms with van der Waals surface area (Å²) >= 11 is 0. The standard InChI is InChI=1S/C14H21N3O3S/c1-3-15-7-8-16-21(19,20)13-5-4-12-6-9-17(11(2)18)14(12)10-13/h4-5,10,15-16H,3,6-9H2,1-2H3. The van der Waals surface area contributed by atoms with E-state index in [1.807, 2.05) is 6.92 Å². The molecule has 2 rings (SSSR count). The zero-order valence-corrected chi connectivity index (χ0v) is 13.2. The minimum absolute atomic E-state index is 0.0663. The maximum Gasteiger partial charge on any atom is 0.240 e. The molecule has 0 atom stereocenters. The number of anilines is 1. The second kappa shape index (κ2) is 6.55. The Hall–Kier alpha value is -1.44. The fourth-order valence-corrected chi connectivity index (χ4v) is 3.44. The zero-order valence-electron chi connectivity index (χ0n) is 12.3. The molecule has 0 bridgehead atoms. The van der Waals surface area contributed by atoms with Crippen LogP contribution in [0.4, 0.5) is 5.69 Å². The van der Waals surface area contributed by atoms with Crippen LogP contribution in [-0.2, 0) is 21.2 Å². The van der Waals surface area contributed by atoms with E-state index in [4.69, 9.17) is 0 Å². The van der Waals surface area contributed by atoms with Gasteiger partial charge in [0.25, 0.3) is 0 Å². The van der Waals surface area contributed by atoms with Crippen molar-refractivity contribution < 1.29 is 13.2 Å². The summed E-state index contributed by atoms with van der Waals surface area (Å²) in [7, 11) is -3.54. The molecule has 1 aliphatic heterocycles. The van der Waals surface area contributed by atoms with Gasteiger partial charge in [-0.25, -0.2) is 13.1 Å². The van der Waals surface area contributed by atoms with Crippen LogP contribution in [0.5, 0.6) is 0 Å². The Bertz CT molecular complexity index is 628. The monoisotopic (exact) mass is 311 g/mol. The SMILES string of the molecule is CCNCCNS(=O)(=O)c1ccc2c(c1)N(C(C)=O)CC2. The molecule has 21 heavy (non-hydrogen) atoms. The molecular formula is C14H21N3O3S. The van der Waals surface area contributed by atoms with Crippen LogP contribution in [-0.4, -0.2) is 40.5 Å². The minimum atomic E-state index is -3.54. The lowest BCUT2D eigenvalue weighted by Gasteiger charge is -2.16. The first-order valence-electron chi connectivity index (χ1n) is 7.07. The van der Waals surface area contributed by atoms with Crippen molar-refractivity contribution >= 4 is 21.6 Å². The van der Waals surface area contributed by atoms with E-state index in [2.05, 4.69) is 10.0 Å². The van der Waals surface area contributed by atoms with Crippen molar-refractivity contribution in [3.8, 4) is 0 Å². The third-order valence-corrected chi connectivity index (χ3v) is 4.95. The van der Waals surface area contributed by atoms with Crippen LogP contribution >= 0.6 is 0 Å². The van der Waals surface area contributed by atoms with E-state index in [0.29, 0.717) is 25.3 Å². The molecule has 0 unspecified atom stereocenters. The van der Waals surface area contributed by atoms with Crippen molar-refractivity contribution in [2.45, 2.75) is 25.2 Å². The summed E-state index contributed by atoms with van der Waals surface area (Å²) in [5.74, 6) is -0.0663. The molecule has 0 radical (unpaired) electrons. The maximum absolute atomic E-state index is 12.2. The normalized spacial score (nSPS) is 14.3. The van der Waals surface area contributed by atoms with Gasteiger partial charge in [0.15, 0.2) is 0 Å². The number of hydrogen-bond acceptors (Lipinski definition) is 4. The number of carbonyl (C=O) groups is 1. The molecule has 116 valence electrons. The third kappa shape index (κ3) is 3.61. The molecule has 0 aromatic heterocycles. The van der Waals surface area contributed by atoms with Crippen molar-refractivity contribution in [1.29, 1.82) is 0 Å². The molecular weight excluding hydrogens is 290 g/mol. The molecule has 0 saturated heterocycles. The Morgan fingerprint density at radius 3 is 2.76 bits per heavy atom. The smallest absolute Gasteiger partial charge is 0.240 e. The summed E-state index contributed by atoms with van der Waals surface area (Å²) in [5, 5.41) is 3.06. The highest BCUT2D eigenvalue weighted by atomic mass is 32.2. The van der Waals surface area contributed by atoms with Crippen molar-refractivity contribution in [3.05, 3.63) is 23.8 Å². The number of sulfonamides is 1. The van der Waals surface area contributed by atoms with Crippen molar-refractivity contribution in [1.82, 2.24) is 10.0 Å². The lowest BCUT2D eigenvalue weighted by atomic mass is 10.2. The Morgan fingerprint density at radius 2 is 2.10 bits per heavy atom. The van der Waals surface area contributed by atoms with Crippen molar-refractivity contribution in [2.75, 3.05) is 31.1 Å². The molecule has 0 saturated carbocycles. The second-order valence-corrected chi connectivity index (χ2v) is 6.73. The fraction of sp³-hybridized carbons (Fsp3) is 0.500. The van der Waals surface area contributed by atoms with Crippen molar-refractivity contribution in [3.63, 3.8) is 0 Å². The summed E-state index contributed by atoms with van der Waals surface area (Å²) < 4.78 is 27.0. The van der Waals surface area contributed by atoms with Crippen LogP contribution in [0, 0.1) is 0 Å². The fourth-order valence-electron chi connectivity index (χ4n) is 2.39. The van der Waals surface area contributed by atoms with Gasteiger partial charge in [0.05, 0.1) is 4.90 Å². The highest BCUT2D eigenvalue weighted by Gasteiger charge is 2.24. The largest absolute Gasteiger partial charge is 0.316 e. The molecule has 0 aliphatic carbocycles. The molecule has 6 nitrogen and oxygen atoms in total. The summed E-state index contributed by atoms with van der Waals surface area (Å²) in [6.45, 7) is 5.79. The van der Waals surface area contributed by atoms with E-state index >= 15 is 0 Å². The molecule has 1 amide bonds. The maximum atomic E-state index is 12.2. The predicted molar refractivity (Wildman–Crippen MR) is 81.9 cm³/mol. The number of nitrogens with one attached hydrogen (secondary N) is 2. The Kier molecular flexibility index (Phi) is 4.97. The number of benzene rings is 1. The van der Waals surface area contributed by atoms with Gasteiger partial charge >= 0.3 is 0 Å². The Morgan fingerprint density at radius 1 is 1.33 bits per heavy atom. The van der Waals surface area contributed by atoms with Crippen molar-refractivity contribution in [2.24, 2.45) is 0 Å². The van der Waals surface area contributed by atoms with Crippen LogP contribution < -0.4 is 14.9 Å². The predicted octanol–water partition coefficient (Wildman–Crippen LogP) is 0.483. The Labute approximate surface area is 125 Å². The quantitative estimate of drug-likeness (QED) is 0.749. The second-order valence-electron chi connectivity index (χ2n) is 4.96. The van der Waals surface area contributed by atoms with E-state index in [1.165, 1.54) is 6.92 Å². The summed E-state index contributed by atoms with van der Waals surface area (Å²) in [4.78, 5) is 13.4. The van der Waals surface area contributed by atoms with Gasteiger partial charge in [-0.05, 0) is 30.7 Å². The van der Waals surface area contributed by atoms with Crippen LogP contribution in [0.25, 0.3) is 0 Å². The van der Waals surface area contributed by atoms with Gasteiger partial charge in [0.2, 0.25) is 15.9 Å². The molecule has 0 spiro atoms. The van der Waals surface area contributed by atoms with E-state index in [1.54, 1.807) is 23.1 Å². The molecule has 2 N–H and O–H groups in total. The van der Waals surface area contributed by atoms with E-state index in [9.17, 15) is 13.2 Å². The third-order valence-electron chi connectivity index (χ3n) is 3.49. The molecule has 1 aliphatic rings. The van der Waals surface area contributed by atoms with Gasteiger partial charge in [-0.3, -0.25) is 4.79 Å². The topological polar surface area (TPSA) is 78.5 Å². The molecule has 1 aromatic carbocycles. The van der Waals surface area contributed by atoms with Crippen LogP contribution in [0.2, 0.25) is 0 Å². The highest BCUT2D eigenvalue weighted by molar-refractivity contribution is 7.89. The van der Waals surface area contributed by atoms with E-state index in [-0.39, 0.29) is 10.8 Å². The van der Waals surface area contributed by atoms with Gasteiger partial charge in [0.1, 0.15) is 0 Å². The summed E-state index contributed by atoms with van der Waals surface area (Å²) in [6, 6.07) is 4.97. The highest BCUT2D eigenvalue weighted by Crippen LogP contribution is 2.30. The average Bonchev–Trinajstić information content (AvgIpc) is 2.86. The first kappa shape index (κ1) is 15.9. The van der Waals surface area contributed by atoms with Gasteiger partial charge in [-0.2, -0.15) is 0 Å². The number of carbonyl (C=O) groups excluding carboxylic acids is 1. The van der Waals surface area contributed by atoms with Gasteiger partial charge in [-0.15, -0.1) is 0 Å². The minimum Gasteiger partial charge on any atom is -0.316 e. The summed E-state index contributed by atoms with van der Waals surface area (Å²) in [5.41, 5.74) is 1.72. The number of likely N-dealkylation sites (N-methyl/N-ethyl adjacent to an activating group) is 1. The molecule has 1 aromatic rings. The molecule has 0 fully saturated rings. The number of rotatable bonds is 6. The number of fused-ring (bicyclic) bond motifs is 1. The van der Waals surface area contributed by atoms with Gasteiger partial charge < -0.3 is 10.2 Å². The van der Waals surface area contributed by atoms with E-state index in [0.717, 1.165) is 18.5 Å². The van der Waals surface area contributed by atoms with E-state index < -0.39 is 10.0 Å². The van der Waals surface area contributed by atoms with Crippen LogP contribution in [0.15, 0.2) is 23.1 Å². The number of nitrogens with zero attached hydrogens (tertiary/aromatic N) is 1. The van der Waals surface area contributed by atoms with Crippen LogP contribution in [0.1, 0.15) is 19.4 Å². The van der Waals surface area contributed by atoms with Gasteiger partial charge in [-0.1, -0.05) is 13.0 Å².